The third-order valence-corrected chi connectivity index (χ3v) is 9.63. The highest BCUT2D eigenvalue weighted by Crippen LogP contribution is 2.53. The Morgan fingerprint density at radius 3 is 2.37 bits per heavy atom. The second-order valence-electron chi connectivity index (χ2n) is 12.9. The van der Waals surface area contributed by atoms with E-state index in [1.54, 1.807) is 0 Å². The van der Waals surface area contributed by atoms with Crippen LogP contribution in [0.2, 0.25) is 0 Å². The van der Waals surface area contributed by atoms with E-state index >= 15 is 0 Å². The fourth-order valence-electron chi connectivity index (χ4n) is 7.27. The maximum absolute atomic E-state index is 13.7. The van der Waals surface area contributed by atoms with Crippen molar-refractivity contribution < 1.29 is 22.5 Å². The lowest BCUT2D eigenvalue weighted by Gasteiger charge is -2.28. The van der Waals surface area contributed by atoms with Crippen LogP contribution < -0.4 is 9.30 Å². The minimum Gasteiger partial charge on any atom is -0.455 e. The zero-order valence-electron chi connectivity index (χ0n) is 24.1. The van der Waals surface area contributed by atoms with Gasteiger partial charge < -0.3 is 4.74 Å². The summed E-state index contributed by atoms with van der Waals surface area (Å²) >= 11 is 0. The van der Waals surface area contributed by atoms with Crippen LogP contribution in [0.15, 0.2) is 60.8 Å². The van der Waals surface area contributed by atoms with Crippen LogP contribution in [0.4, 0.5) is 13.2 Å². The molecule has 2 nitrogen and oxygen atoms in total. The molecule has 0 bridgehead atoms. The van der Waals surface area contributed by atoms with Gasteiger partial charge in [0.1, 0.15) is 18.5 Å². The van der Waals surface area contributed by atoms with E-state index in [4.69, 9.17) is 4.74 Å². The Hall–Kier alpha value is -3.60. The number of halogens is 3. The lowest BCUT2D eigenvalue weighted by molar-refractivity contribution is -0.659. The minimum absolute atomic E-state index is 0.0713. The molecule has 1 aliphatic carbocycles. The summed E-state index contributed by atoms with van der Waals surface area (Å²) in [7, 11) is 2.07. The average Bonchev–Trinajstić information content (AvgIpc) is 3.45. The van der Waals surface area contributed by atoms with E-state index in [0.717, 1.165) is 50.7 Å². The highest BCUT2D eigenvalue weighted by Gasteiger charge is 2.47. The van der Waals surface area contributed by atoms with Gasteiger partial charge in [0.2, 0.25) is 5.69 Å². The average molecular weight is 555 g/mol. The van der Waals surface area contributed by atoms with Crippen molar-refractivity contribution in [3.05, 3.63) is 77.5 Å². The van der Waals surface area contributed by atoms with Crippen molar-refractivity contribution in [2.24, 2.45) is 18.4 Å². The highest BCUT2D eigenvalue weighted by atomic mass is 19.4. The minimum atomic E-state index is -4.27. The number of hydrogen-bond donors (Lipinski definition) is 0. The highest BCUT2D eigenvalue weighted by molar-refractivity contribution is 6.16. The monoisotopic (exact) mass is 554 g/mol. The molecule has 2 aliphatic rings. The maximum Gasteiger partial charge on any atom is 0.394 e. The van der Waals surface area contributed by atoms with Gasteiger partial charge in [-0.2, -0.15) is 13.2 Å². The predicted molar refractivity (Wildman–Crippen MR) is 160 cm³/mol. The molecule has 0 atom stereocenters. The number of pyridine rings is 1. The first-order chi connectivity index (χ1) is 19.5. The first kappa shape index (κ1) is 26.3. The number of ether oxygens (including phenoxy) is 1. The van der Waals surface area contributed by atoms with Crippen molar-refractivity contribution in [3.8, 4) is 22.8 Å². The first-order valence-electron chi connectivity index (χ1n) is 14.7. The number of fused-ring (bicyclic) bond motifs is 5. The number of aromatic nitrogens is 1. The van der Waals surface area contributed by atoms with Gasteiger partial charge in [0.05, 0.1) is 16.4 Å². The molecule has 7 rings (SSSR count). The molecule has 0 unspecified atom stereocenters. The lowest BCUT2D eigenvalue weighted by Crippen LogP contribution is -2.34. The number of aryl methyl sites for hydroxylation is 2. The molecule has 1 aliphatic heterocycles. The van der Waals surface area contributed by atoms with Gasteiger partial charge in [-0.3, -0.25) is 0 Å². The van der Waals surface area contributed by atoms with Gasteiger partial charge in [0.25, 0.3) is 0 Å². The van der Waals surface area contributed by atoms with Crippen molar-refractivity contribution in [2.45, 2.75) is 65.5 Å². The molecule has 0 radical (unpaired) electrons. The molecule has 41 heavy (non-hydrogen) atoms. The maximum atomic E-state index is 13.7. The van der Waals surface area contributed by atoms with Crippen molar-refractivity contribution >= 4 is 32.3 Å². The van der Waals surface area contributed by atoms with Crippen molar-refractivity contribution in [2.75, 3.05) is 0 Å². The Kier molecular flexibility index (Phi) is 5.91. The quantitative estimate of drug-likeness (QED) is 0.156. The first-order valence-corrected chi connectivity index (χ1v) is 14.7. The van der Waals surface area contributed by atoms with E-state index in [2.05, 4.69) is 61.1 Å². The molecule has 1 aromatic heterocycles. The molecule has 5 heteroatoms. The Morgan fingerprint density at radius 2 is 1.63 bits per heavy atom. The number of rotatable bonds is 4. The Labute approximate surface area is 238 Å². The topological polar surface area (TPSA) is 13.1 Å². The summed E-state index contributed by atoms with van der Waals surface area (Å²) in [6.07, 6.45) is 3.84. The van der Waals surface area contributed by atoms with Gasteiger partial charge in [-0.15, -0.1) is 0 Å². The number of benzene rings is 4. The van der Waals surface area contributed by atoms with Gasteiger partial charge in [0.15, 0.2) is 6.20 Å². The van der Waals surface area contributed by atoms with Crippen LogP contribution in [0.3, 0.4) is 0 Å². The van der Waals surface area contributed by atoms with E-state index in [1.165, 1.54) is 61.4 Å². The molecule has 5 aromatic rings. The lowest BCUT2D eigenvalue weighted by atomic mass is 9.83. The molecular weight excluding hydrogens is 519 g/mol. The summed E-state index contributed by atoms with van der Waals surface area (Å²) in [5.74, 6) is 2.44. The van der Waals surface area contributed by atoms with Gasteiger partial charge in [-0.25, -0.2) is 4.57 Å². The van der Waals surface area contributed by atoms with Gasteiger partial charge in [-0.1, -0.05) is 82.0 Å². The Bertz CT molecular complexity index is 1860. The summed E-state index contributed by atoms with van der Waals surface area (Å²) in [5, 5.41) is 6.48. The normalized spacial score (nSPS) is 15.6. The van der Waals surface area contributed by atoms with Crippen LogP contribution in [0.1, 0.15) is 56.2 Å². The molecule has 1 fully saturated rings. The molecule has 0 N–H and O–H groups in total. The molecule has 1 saturated carbocycles. The third-order valence-electron chi connectivity index (χ3n) is 9.63. The molecule has 210 valence electrons. The second-order valence-corrected chi connectivity index (χ2v) is 12.9. The van der Waals surface area contributed by atoms with Crippen LogP contribution in [-0.2, 0) is 19.9 Å². The van der Waals surface area contributed by atoms with Crippen molar-refractivity contribution in [3.63, 3.8) is 0 Å². The van der Waals surface area contributed by atoms with E-state index in [1.807, 2.05) is 18.2 Å². The van der Waals surface area contributed by atoms with Crippen molar-refractivity contribution in [1.82, 2.24) is 0 Å². The molecule has 2 heterocycles. The molecule has 0 saturated heterocycles. The molecule has 0 spiro atoms. The van der Waals surface area contributed by atoms with Crippen LogP contribution in [0.5, 0.6) is 11.5 Å². The largest absolute Gasteiger partial charge is 0.455 e. The predicted octanol–water partition coefficient (Wildman–Crippen LogP) is 9.92. The number of hydrogen-bond acceptors (Lipinski definition) is 1. The Balaban J connectivity index is 1.49. The second kappa shape index (κ2) is 9.20. The summed E-state index contributed by atoms with van der Waals surface area (Å²) in [6, 6.07) is 18.6. The zero-order valence-corrected chi connectivity index (χ0v) is 24.1. The van der Waals surface area contributed by atoms with Crippen molar-refractivity contribution in [1.29, 1.82) is 0 Å². The van der Waals surface area contributed by atoms with Gasteiger partial charge in [0, 0.05) is 17.0 Å². The smallest absolute Gasteiger partial charge is 0.394 e. The van der Waals surface area contributed by atoms with E-state index in [-0.39, 0.29) is 6.42 Å². The van der Waals surface area contributed by atoms with E-state index in [0.29, 0.717) is 11.5 Å². The Morgan fingerprint density at radius 1 is 0.902 bits per heavy atom. The summed E-state index contributed by atoms with van der Waals surface area (Å²) in [5.41, 5.74) is 3.60. The molecule has 0 amide bonds. The molecule has 4 aromatic carbocycles. The number of alkyl halides is 3. The van der Waals surface area contributed by atoms with Gasteiger partial charge in [-0.05, 0) is 64.4 Å². The van der Waals surface area contributed by atoms with Crippen LogP contribution in [0.25, 0.3) is 43.6 Å². The van der Waals surface area contributed by atoms with Crippen LogP contribution >= 0.6 is 0 Å². The number of nitrogens with zero attached hydrogens (tertiary/aromatic N) is 1. The molecular formula is C36H35F3NO+. The van der Waals surface area contributed by atoms with E-state index < -0.39 is 11.6 Å². The summed E-state index contributed by atoms with van der Waals surface area (Å²) < 4.78 is 50.3. The fraction of sp³-hybridized carbons (Fsp3) is 0.361. The zero-order chi connectivity index (χ0) is 28.7. The van der Waals surface area contributed by atoms with Crippen LogP contribution in [0, 0.1) is 18.3 Å². The summed E-state index contributed by atoms with van der Waals surface area (Å²) in [6.45, 7) is 4.73. The van der Waals surface area contributed by atoms with Crippen LogP contribution in [-0.4, -0.2) is 6.18 Å². The fourth-order valence-corrected chi connectivity index (χ4v) is 7.27. The summed E-state index contributed by atoms with van der Waals surface area (Å²) in [4.78, 5) is 0. The standard InChI is InChI=1S/C36H35F3NO/c1-21-25-11-7-8-12-26(25)29(17-22-9-5-6-10-22)34-31(21)33-32-27(15-16-40(33)4)28-18-23(20-35(2,3)36(37,38)39)13-14-24(28)19-30(32)41-34/h7-8,11-16,18-19,22H,5-6,9-10,17,20H2,1-4H3/q+1. The van der Waals surface area contributed by atoms with Gasteiger partial charge >= 0.3 is 6.18 Å². The SMILES string of the molecule is Cc1c2c(c(CC3CCCC3)c3ccccc13)Oc1cc3ccc(CC(C)(C)C(F)(F)F)cc3c3cc[n+](C)c-2c13. The third kappa shape index (κ3) is 4.11. The van der Waals surface area contributed by atoms with E-state index in [9.17, 15) is 13.2 Å².